The first-order valence-electron chi connectivity index (χ1n) is 4.29. The van der Waals surface area contributed by atoms with Crippen molar-refractivity contribution in [3.63, 3.8) is 0 Å². The molecule has 0 amide bonds. The molecular formula is C7H15N5. The highest BCUT2D eigenvalue weighted by atomic mass is 15.5. The minimum absolute atomic E-state index is 0.493. The van der Waals surface area contributed by atoms with Gasteiger partial charge >= 0.3 is 0 Å². The molecule has 0 aliphatic carbocycles. The van der Waals surface area contributed by atoms with Crippen LogP contribution in [0.25, 0.3) is 0 Å². The molecule has 0 saturated carbocycles. The maximum atomic E-state index is 5.59. The van der Waals surface area contributed by atoms with Crippen molar-refractivity contribution in [2.75, 3.05) is 6.54 Å². The third kappa shape index (κ3) is 2.58. The van der Waals surface area contributed by atoms with E-state index >= 15 is 0 Å². The smallest absolute Gasteiger partial charge is 0.174 e. The lowest BCUT2D eigenvalue weighted by Gasteiger charge is -2.09. The van der Waals surface area contributed by atoms with E-state index in [1.165, 1.54) is 0 Å². The molecule has 0 aromatic carbocycles. The lowest BCUT2D eigenvalue weighted by molar-refractivity contribution is 0.476. The van der Waals surface area contributed by atoms with E-state index in [1.54, 1.807) is 0 Å². The molecule has 0 bridgehead atoms. The molecule has 1 aromatic rings. The highest BCUT2D eigenvalue weighted by Gasteiger charge is 2.09. The highest BCUT2D eigenvalue weighted by Crippen LogP contribution is 2.08. The second-order valence-corrected chi connectivity index (χ2v) is 2.92. The van der Waals surface area contributed by atoms with Crippen molar-refractivity contribution in [1.29, 1.82) is 0 Å². The first-order valence-corrected chi connectivity index (χ1v) is 4.29. The van der Waals surface area contributed by atoms with Gasteiger partial charge in [-0.15, -0.1) is 10.2 Å². The predicted octanol–water partition coefficient (Wildman–Crippen LogP) is 0.117. The van der Waals surface area contributed by atoms with Crippen LogP contribution in [0, 0.1) is 5.92 Å². The molecule has 0 aliphatic rings. The molecule has 0 radical (unpaired) electrons. The maximum absolute atomic E-state index is 5.59. The zero-order valence-electron chi connectivity index (χ0n) is 7.32. The van der Waals surface area contributed by atoms with E-state index < -0.39 is 0 Å². The number of aromatic amines is 1. The van der Waals surface area contributed by atoms with Crippen LogP contribution >= 0.6 is 0 Å². The van der Waals surface area contributed by atoms with Crippen LogP contribution in [-0.4, -0.2) is 27.2 Å². The standard InChI is InChI=1S/C7H15N5/c1-2-3-6(5-8)4-7-9-11-12-10-7/h6H,2-5,8H2,1H3,(H,9,10,11,12). The Bertz CT molecular complexity index is 196. The number of nitrogens with two attached hydrogens (primary N) is 1. The van der Waals surface area contributed by atoms with Crippen LogP contribution in [0.5, 0.6) is 0 Å². The Labute approximate surface area is 71.7 Å². The second-order valence-electron chi connectivity index (χ2n) is 2.92. The topological polar surface area (TPSA) is 80.5 Å². The molecule has 0 spiro atoms. The van der Waals surface area contributed by atoms with E-state index in [9.17, 15) is 0 Å². The van der Waals surface area contributed by atoms with Crippen LogP contribution in [0.15, 0.2) is 0 Å². The molecule has 3 N–H and O–H groups in total. The van der Waals surface area contributed by atoms with E-state index in [0.717, 1.165) is 25.1 Å². The molecule has 1 unspecified atom stereocenters. The molecule has 0 saturated heterocycles. The minimum atomic E-state index is 0.493. The Morgan fingerprint density at radius 1 is 1.58 bits per heavy atom. The molecule has 68 valence electrons. The number of H-pyrrole nitrogens is 1. The summed E-state index contributed by atoms with van der Waals surface area (Å²) < 4.78 is 0. The van der Waals surface area contributed by atoms with Gasteiger partial charge in [-0.05, 0) is 18.9 Å². The minimum Gasteiger partial charge on any atom is -0.330 e. The normalized spacial score (nSPS) is 13.2. The molecule has 12 heavy (non-hydrogen) atoms. The fraction of sp³-hybridized carbons (Fsp3) is 0.857. The molecule has 5 heteroatoms. The highest BCUT2D eigenvalue weighted by molar-refractivity contribution is 4.80. The van der Waals surface area contributed by atoms with E-state index in [1.807, 2.05) is 0 Å². The number of tetrazole rings is 1. The molecule has 5 nitrogen and oxygen atoms in total. The van der Waals surface area contributed by atoms with Crippen molar-refractivity contribution in [2.24, 2.45) is 11.7 Å². The number of hydrogen-bond acceptors (Lipinski definition) is 4. The van der Waals surface area contributed by atoms with Crippen LogP contribution in [0.3, 0.4) is 0 Å². The summed E-state index contributed by atoms with van der Waals surface area (Å²) in [6, 6.07) is 0. The van der Waals surface area contributed by atoms with Crippen molar-refractivity contribution < 1.29 is 0 Å². The maximum Gasteiger partial charge on any atom is 0.174 e. The van der Waals surface area contributed by atoms with Crippen LogP contribution in [0.1, 0.15) is 25.6 Å². The van der Waals surface area contributed by atoms with Gasteiger partial charge in [0.2, 0.25) is 0 Å². The molecule has 1 atom stereocenters. The van der Waals surface area contributed by atoms with E-state index in [4.69, 9.17) is 5.73 Å². The first kappa shape index (κ1) is 9.12. The number of aromatic nitrogens is 4. The monoisotopic (exact) mass is 169 g/mol. The zero-order chi connectivity index (χ0) is 8.81. The predicted molar refractivity (Wildman–Crippen MR) is 45.3 cm³/mol. The third-order valence-corrected chi connectivity index (χ3v) is 1.89. The lowest BCUT2D eigenvalue weighted by atomic mass is 10.00. The van der Waals surface area contributed by atoms with Gasteiger partial charge in [-0.1, -0.05) is 18.6 Å². The summed E-state index contributed by atoms with van der Waals surface area (Å²) in [5, 5.41) is 13.7. The Kier molecular flexibility index (Phi) is 3.66. The second kappa shape index (κ2) is 4.82. The fourth-order valence-corrected chi connectivity index (χ4v) is 1.24. The first-order chi connectivity index (χ1) is 5.86. The summed E-state index contributed by atoms with van der Waals surface area (Å²) in [7, 11) is 0. The van der Waals surface area contributed by atoms with Gasteiger partial charge in [-0.2, -0.15) is 5.21 Å². The van der Waals surface area contributed by atoms with Crippen LogP contribution in [0.4, 0.5) is 0 Å². The average Bonchev–Trinajstić information content (AvgIpc) is 2.56. The third-order valence-electron chi connectivity index (χ3n) is 1.89. The molecule has 1 heterocycles. The van der Waals surface area contributed by atoms with Crippen LogP contribution in [-0.2, 0) is 6.42 Å². The Morgan fingerprint density at radius 2 is 2.42 bits per heavy atom. The molecule has 0 aliphatic heterocycles. The Balaban J connectivity index is 2.37. The van der Waals surface area contributed by atoms with Crippen LogP contribution < -0.4 is 5.73 Å². The molecule has 1 aromatic heterocycles. The summed E-state index contributed by atoms with van der Waals surface area (Å²) in [4.78, 5) is 0. The van der Waals surface area contributed by atoms with Crippen molar-refractivity contribution in [2.45, 2.75) is 26.2 Å². The van der Waals surface area contributed by atoms with Crippen molar-refractivity contribution in [3.05, 3.63) is 5.82 Å². The van der Waals surface area contributed by atoms with Gasteiger partial charge in [0.05, 0.1) is 0 Å². The Hall–Kier alpha value is -0.970. The van der Waals surface area contributed by atoms with Gasteiger partial charge < -0.3 is 5.73 Å². The van der Waals surface area contributed by atoms with Crippen LogP contribution in [0.2, 0.25) is 0 Å². The van der Waals surface area contributed by atoms with Gasteiger partial charge in [-0.25, -0.2) is 0 Å². The number of hydrogen-bond donors (Lipinski definition) is 2. The number of rotatable bonds is 5. The van der Waals surface area contributed by atoms with Gasteiger partial charge in [0, 0.05) is 6.42 Å². The quantitative estimate of drug-likeness (QED) is 0.656. The summed E-state index contributed by atoms with van der Waals surface area (Å²) in [6.45, 7) is 2.85. The summed E-state index contributed by atoms with van der Waals surface area (Å²) in [5.74, 6) is 1.26. The molecule has 0 fully saturated rings. The number of nitrogens with zero attached hydrogens (tertiary/aromatic N) is 3. The average molecular weight is 169 g/mol. The van der Waals surface area contributed by atoms with Crippen molar-refractivity contribution >= 4 is 0 Å². The molecule has 1 rings (SSSR count). The van der Waals surface area contributed by atoms with E-state index in [2.05, 4.69) is 27.5 Å². The summed E-state index contributed by atoms with van der Waals surface area (Å²) >= 11 is 0. The van der Waals surface area contributed by atoms with Gasteiger partial charge in [0.15, 0.2) is 5.82 Å². The summed E-state index contributed by atoms with van der Waals surface area (Å²) in [6.07, 6.45) is 3.12. The fourth-order valence-electron chi connectivity index (χ4n) is 1.24. The van der Waals surface area contributed by atoms with Crippen molar-refractivity contribution in [3.8, 4) is 0 Å². The zero-order valence-corrected chi connectivity index (χ0v) is 7.32. The Morgan fingerprint density at radius 3 is 2.92 bits per heavy atom. The number of nitrogens with one attached hydrogen (secondary N) is 1. The molecular weight excluding hydrogens is 154 g/mol. The van der Waals surface area contributed by atoms with E-state index in [0.29, 0.717) is 12.5 Å². The SMILES string of the molecule is CCCC(CN)Cc1nn[nH]n1. The van der Waals surface area contributed by atoms with E-state index in [-0.39, 0.29) is 0 Å². The lowest BCUT2D eigenvalue weighted by Crippen LogP contribution is -2.17. The van der Waals surface area contributed by atoms with Gasteiger partial charge in [0.25, 0.3) is 0 Å². The van der Waals surface area contributed by atoms with Gasteiger partial charge in [0.1, 0.15) is 0 Å². The summed E-state index contributed by atoms with van der Waals surface area (Å²) in [5.41, 5.74) is 5.59. The van der Waals surface area contributed by atoms with Crippen molar-refractivity contribution in [1.82, 2.24) is 20.6 Å². The largest absolute Gasteiger partial charge is 0.330 e. The van der Waals surface area contributed by atoms with Gasteiger partial charge in [-0.3, -0.25) is 0 Å².